The van der Waals surface area contributed by atoms with Crippen LogP contribution in [0.4, 0.5) is 19.0 Å². The van der Waals surface area contributed by atoms with Gasteiger partial charge in [0.05, 0.1) is 18.5 Å². The van der Waals surface area contributed by atoms with Crippen LogP contribution in [0.5, 0.6) is 0 Å². The standard InChI is InChI=1S/C18H15ClF3N5O3/c1-3-30-17(29)11-9-23-27(10-7-5-4-6-8-10)15(11)24-16(28)13-12(19)14(18(20,21)22)26(2)25-13/h4-9H,3H2,1-2H3,(H,24,28). The van der Waals surface area contributed by atoms with E-state index in [1.807, 2.05) is 0 Å². The molecule has 2 heterocycles. The molecular formula is C18H15ClF3N5O3. The number of alkyl halides is 3. The van der Waals surface area contributed by atoms with Crippen molar-refractivity contribution in [1.29, 1.82) is 0 Å². The summed E-state index contributed by atoms with van der Waals surface area (Å²) < 4.78 is 46.1. The van der Waals surface area contributed by atoms with E-state index < -0.39 is 34.5 Å². The normalized spacial score (nSPS) is 11.4. The fourth-order valence-electron chi connectivity index (χ4n) is 2.71. The van der Waals surface area contributed by atoms with Crippen molar-refractivity contribution < 1.29 is 27.5 Å². The Morgan fingerprint density at radius 2 is 1.90 bits per heavy atom. The third-order valence-electron chi connectivity index (χ3n) is 3.97. The first kappa shape index (κ1) is 21.4. The summed E-state index contributed by atoms with van der Waals surface area (Å²) in [5.41, 5.74) is -1.51. The molecule has 158 valence electrons. The van der Waals surface area contributed by atoms with Crippen molar-refractivity contribution in [3.8, 4) is 5.69 Å². The SMILES string of the molecule is CCOC(=O)c1cnn(-c2ccccc2)c1NC(=O)c1nn(C)c(C(F)(F)F)c1Cl. The summed E-state index contributed by atoms with van der Waals surface area (Å²) in [5, 5.41) is 9.18. The van der Waals surface area contributed by atoms with Gasteiger partial charge in [0, 0.05) is 7.05 Å². The van der Waals surface area contributed by atoms with Gasteiger partial charge in [-0.15, -0.1) is 0 Å². The van der Waals surface area contributed by atoms with Crippen molar-refractivity contribution in [2.45, 2.75) is 13.1 Å². The molecule has 0 bridgehead atoms. The third kappa shape index (κ3) is 4.01. The topological polar surface area (TPSA) is 91.0 Å². The Kier molecular flexibility index (Phi) is 5.83. The van der Waals surface area contributed by atoms with Crippen molar-refractivity contribution in [1.82, 2.24) is 19.6 Å². The maximum absolute atomic E-state index is 13.2. The highest BCUT2D eigenvalue weighted by atomic mass is 35.5. The number of benzene rings is 1. The molecule has 0 atom stereocenters. The second-order valence-corrected chi connectivity index (χ2v) is 6.34. The minimum Gasteiger partial charge on any atom is -0.462 e. The molecule has 3 rings (SSSR count). The van der Waals surface area contributed by atoms with Crippen LogP contribution in [0, 0.1) is 0 Å². The summed E-state index contributed by atoms with van der Waals surface area (Å²) in [6.45, 7) is 1.67. The predicted molar refractivity (Wildman–Crippen MR) is 101 cm³/mol. The Morgan fingerprint density at radius 3 is 2.47 bits per heavy atom. The van der Waals surface area contributed by atoms with Crippen LogP contribution in [0.1, 0.15) is 33.5 Å². The number of esters is 1. The first-order chi connectivity index (χ1) is 14.1. The van der Waals surface area contributed by atoms with Crippen LogP contribution in [0.3, 0.4) is 0 Å². The Hall–Kier alpha value is -3.34. The molecule has 0 saturated carbocycles. The zero-order chi connectivity index (χ0) is 22.1. The fourth-order valence-corrected chi connectivity index (χ4v) is 3.06. The number of hydrogen-bond acceptors (Lipinski definition) is 5. The van der Waals surface area contributed by atoms with Crippen molar-refractivity contribution in [2.75, 3.05) is 11.9 Å². The molecule has 1 amide bonds. The van der Waals surface area contributed by atoms with Crippen LogP contribution < -0.4 is 5.32 Å². The average molecular weight is 442 g/mol. The van der Waals surface area contributed by atoms with E-state index in [4.69, 9.17) is 16.3 Å². The van der Waals surface area contributed by atoms with Crippen LogP contribution >= 0.6 is 11.6 Å². The lowest BCUT2D eigenvalue weighted by Gasteiger charge is -2.10. The number of aromatic nitrogens is 4. The maximum atomic E-state index is 13.2. The Bertz CT molecular complexity index is 1090. The zero-order valence-electron chi connectivity index (χ0n) is 15.7. The molecule has 0 saturated heterocycles. The molecule has 0 aliphatic rings. The minimum atomic E-state index is -4.81. The molecule has 0 spiro atoms. The molecule has 8 nitrogen and oxygen atoms in total. The number of halogens is 4. The summed E-state index contributed by atoms with van der Waals surface area (Å²) in [6, 6.07) is 8.49. The van der Waals surface area contributed by atoms with Gasteiger partial charge in [0.15, 0.2) is 17.2 Å². The lowest BCUT2D eigenvalue weighted by atomic mass is 10.2. The second kappa shape index (κ2) is 8.19. The third-order valence-corrected chi connectivity index (χ3v) is 4.33. The van der Waals surface area contributed by atoms with Crippen molar-refractivity contribution in [3.05, 3.63) is 58.5 Å². The second-order valence-electron chi connectivity index (χ2n) is 5.96. The van der Waals surface area contributed by atoms with Crippen LogP contribution in [0.25, 0.3) is 5.69 Å². The quantitative estimate of drug-likeness (QED) is 0.609. The summed E-state index contributed by atoms with van der Waals surface area (Å²) in [7, 11) is 1.02. The molecule has 0 unspecified atom stereocenters. The number of nitrogens with zero attached hydrogens (tertiary/aromatic N) is 4. The Balaban J connectivity index is 2.05. The number of ether oxygens (including phenoxy) is 1. The van der Waals surface area contributed by atoms with Crippen molar-refractivity contribution in [3.63, 3.8) is 0 Å². The lowest BCUT2D eigenvalue weighted by molar-refractivity contribution is -0.143. The minimum absolute atomic E-state index is 0.0732. The van der Waals surface area contributed by atoms with Gasteiger partial charge in [0.1, 0.15) is 10.6 Å². The molecule has 30 heavy (non-hydrogen) atoms. The van der Waals surface area contributed by atoms with E-state index in [0.717, 1.165) is 7.05 Å². The molecule has 1 aromatic carbocycles. The van der Waals surface area contributed by atoms with E-state index in [1.54, 1.807) is 37.3 Å². The van der Waals surface area contributed by atoms with Crippen molar-refractivity contribution in [2.24, 2.45) is 7.05 Å². The molecule has 2 aromatic heterocycles. The number of amides is 1. The molecule has 3 aromatic rings. The number of hydrogen-bond donors (Lipinski definition) is 1. The summed E-state index contributed by atoms with van der Waals surface area (Å²) in [5.74, 6) is -1.91. The molecule has 12 heteroatoms. The predicted octanol–water partition coefficient (Wildman–Crippen LogP) is 3.71. The largest absolute Gasteiger partial charge is 0.462 e. The Morgan fingerprint density at radius 1 is 1.23 bits per heavy atom. The van der Waals surface area contributed by atoms with Gasteiger partial charge >= 0.3 is 12.1 Å². The van der Waals surface area contributed by atoms with Crippen LogP contribution in [-0.4, -0.2) is 38.0 Å². The molecule has 0 aliphatic carbocycles. The van der Waals surface area contributed by atoms with E-state index in [9.17, 15) is 22.8 Å². The number of rotatable bonds is 5. The van der Waals surface area contributed by atoms with Gasteiger partial charge in [0.25, 0.3) is 5.91 Å². The van der Waals surface area contributed by atoms with E-state index in [-0.39, 0.29) is 18.0 Å². The number of para-hydroxylation sites is 1. The molecule has 0 radical (unpaired) electrons. The highest BCUT2D eigenvalue weighted by Gasteiger charge is 2.40. The first-order valence-corrected chi connectivity index (χ1v) is 8.94. The average Bonchev–Trinajstić information content (AvgIpc) is 3.22. The fraction of sp³-hybridized carbons (Fsp3) is 0.222. The number of anilines is 1. The maximum Gasteiger partial charge on any atom is 0.434 e. The molecular weight excluding hydrogens is 427 g/mol. The summed E-state index contributed by atoms with van der Waals surface area (Å²) >= 11 is 5.78. The zero-order valence-corrected chi connectivity index (χ0v) is 16.5. The summed E-state index contributed by atoms with van der Waals surface area (Å²) in [4.78, 5) is 25.0. The van der Waals surface area contributed by atoms with Gasteiger partial charge < -0.3 is 10.1 Å². The number of carbonyl (C=O) groups is 2. The van der Waals surface area contributed by atoms with Gasteiger partial charge in [-0.25, -0.2) is 9.48 Å². The Labute approximate surface area is 173 Å². The van der Waals surface area contributed by atoms with Crippen LogP contribution in [0.15, 0.2) is 36.5 Å². The van der Waals surface area contributed by atoms with Crippen LogP contribution in [-0.2, 0) is 18.0 Å². The number of carbonyl (C=O) groups excluding carboxylic acids is 2. The van der Waals surface area contributed by atoms with E-state index in [1.165, 1.54) is 10.9 Å². The lowest BCUT2D eigenvalue weighted by Crippen LogP contribution is -2.19. The van der Waals surface area contributed by atoms with Crippen molar-refractivity contribution >= 4 is 29.3 Å². The van der Waals surface area contributed by atoms with E-state index >= 15 is 0 Å². The van der Waals surface area contributed by atoms with Gasteiger partial charge in [-0.05, 0) is 19.1 Å². The molecule has 0 aliphatic heterocycles. The first-order valence-electron chi connectivity index (χ1n) is 8.56. The molecule has 1 N–H and O–H groups in total. The van der Waals surface area contributed by atoms with Gasteiger partial charge in [-0.3, -0.25) is 9.48 Å². The summed E-state index contributed by atoms with van der Waals surface area (Å²) in [6.07, 6.45) is -3.62. The van der Waals surface area contributed by atoms with Gasteiger partial charge in [-0.2, -0.15) is 23.4 Å². The van der Waals surface area contributed by atoms with Gasteiger partial charge in [-0.1, -0.05) is 29.8 Å². The number of nitrogens with one attached hydrogen (secondary N) is 1. The number of aryl methyl sites for hydroxylation is 1. The highest BCUT2D eigenvalue weighted by molar-refractivity contribution is 6.34. The molecule has 0 fully saturated rings. The van der Waals surface area contributed by atoms with E-state index in [0.29, 0.717) is 10.4 Å². The smallest absolute Gasteiger partial charge is 0.434 e. The van der Waals surface area contributed by atoms with Crippen LogP contribution in [0.2, 0.25) is 5.02 Å². The monoisotopic (exact) mass is 441 g/mol. The van der Waals surface area contributed by atoms with E-state index in [2.05, 4.69) is 15.5 Å². The highest BCUT2D eigenvalue weighted by Crippen LogP contribution is 2.36. The van der Waals surface area contributed by atoms with Gasteiger partial charge in [0.2, 0.25) is 0 Å².